The fourth-order valence-corrected chi connectivity index (χ4v) is 4.15. The number of hydrogen-bond acceptors (Lipinski definition) is 1. The van der Waals surface area contributed by atoms with Crippen molar-refractivity contribution in [3.63, 3.8) is 0 Å². The zero-order valence-electron chi connectivity index (χ0n) is 17.0. The number of rotatable bonds is 4. The molecule has 1 aliphatic rings. The van der Waals surface area contributed by atoms with Gasteiger partial charge in [0.25, 0.3) is 0 Å². The van der Waals surface area contributed by atoms with Crippen molar-refractivity contribution in [2.24, 2.45) is 0 Å². The molecule has 0 fully saturated rings. The minimum Gasteiger partial charge on any atom is -0.289 e. The molecule has 0 radical (unpaired) electrons. The van der Waals surface area contributed by atoms with E-state index in [9.17, 15) is 18.0 Å². The Morgan fingerprint density at radius 2 is 1.53 bits per heavy atom. The first-order valence-corrected chi connectivity index (χ1v) is 10.1. The number of ketones is 1. The van der Waals surface area contributed by atoms with Gasteiger partial charge in [-0.25, -0.2) is 0 Å². The van der Waals surface area contributed by atoms with Crippen molar-refractivity contribution in [2.75, 3.05) is 0 Å². The number of allylic oxidation sites excluding steroid dienone is 4. The number of halogens is 3. The zero-order chi connectivity index (χ0) is 22.8. The van der Waals surface area contributed by atoms with Crippen LogP contribution >= 0.6 is 0 Å². The highest BCUT2D eigenvalue weighted by Gasteiger charge is 2.40. The molecule has 4 rings (SSSR count). The SMILES string of the molecule is C#CC1(c2ccccc2C(=O)c2ccccc2)C=CC=CC1c1ccc(C(F)(F)F)cc1. The summed E-state index contributed by atoms with van der Waals surface area (Å²) in [7, 11) is 0. The largest absolute Gasteiger partial charge is 0.416 e. The van der Waals surface area contributed by atoms with E-state index in [2.05, 4.69) is 5.92 Å². The van der Waals surface area contributed by atoms with Gasteiger partial charge in [-0.3, -0.25) is 4.79 Å². The smallest absolute Gasteiger partial charge is 0.289 e. The van der Waals surface area contributed by atoms with Crippen molar-refractivity contribution in [1.29, 1.82) is 0 Å². The first-order valence-electron chi connectivity index (χ1n) is 10.1. The van der Waals surface area contributed by atoms with Gasteiger partial charge in [0.2, 0.25) is 0 Å². The van der Waals surface area contributed by atoms with Crippen molar-refractivity contribution in [3.05, 3.63) is 131 Å². The fourth-order valence-electron chi connectivity index (χ4n) is 4.15. The lowest BCUT2D eigenvalue weighted by atomic mass is 9.64. The van der Waals surface area contributed by atoms with Crippen LogP contribution in [0.15, 0.2) is 103 Å². The molecule has 0 saturated carbocycles. The molecule has 0 saturated heterocycles. The van der Waals surface area contributed by atoms with Crippen LogP contribution in [0.5, 0.6) is 0 Å². The Morgan fingerprint density at radius 3 is 2.19 bits per heavy atom. The van der Waals surface area contributed by atoms with Crippen molar-refractivity contribution in [3.8, 4) is 12.3 Å². The normalized spacial score (nSPS) is 20.0. The molecule has 0 aliphatic heterocycles. The molecule has 2 atom stereocenters. The molecule has 3 aromatic rings. The third-order valence-corrected chi connectivity index (χ3v) is 5.75. The molecule has 0 spiro atoms. The predicted octanol–water partition coefficient (Wildman–Crippen LogP) is 6.72. The van der Waals surface area contributed by atoms with Crippen molar-refractivity contribution in [2.45, 2.75) is 17.5 Å². The molecule has 32 heavy (non-hydrogen) atoms. The second kappa shape index (κ2) is 8.36. The predicted molar refractivity (Wildman–Crippen MR) is 119 cm³/mol. The Balaban J connectivity index is 1.84. The average Bonchev–Trinajstić information content (AvgIpc) is 2.83. The highest BCUT2D eigenvalue weighted by molar-refractivity contribution is 6.10. The number of hydrogen-bond donors (Lipinski definition) is 0. The molecule has 0 aromatic heterocycles. The molecule has 1 nitrogen and oxygen atoms in total. The Labute approximate surface area is 184 Å². The van der Waals surface area contributed by atoms with Gasteiger partial charge in [0.1, 0.15) is 0 Å². The van der Waals surface area contributed by atoms with Gasteiger partial charge in [-0.2, -0.15) is 13.2 Å². The van der Waals surface area contributed by atoms with Gasteiger partial charge in [-0.15, -0.1) is 6.42 Å². The van der Waals surface area contributed by atoms with Gasteiger partial charge in [-0.05, 0) is 23.3 Å². The van der Waals surface area contributed by atoms with Crippen LogP contribution in [-0.4, -0.2) is 5.78 Å². The van der Waals surface area contributed by atoms with Gasteiger partial charge in [0.05, 0.1) is 11.0 Å². The monoisotopic (exact) mass is 428 g/mol. The summed E-state index contributed by atoms with van der Waals surface area (Å²) in [6.45, 7) is 0. The lowest BCUT2D eigenvalue weighted by molar-refractivity contribution is -0.137. The van der Waals surface area contributed by atoms with Gasteiger partial charge < -0.3 is 0 Å². The summed E-state index contributed by atoms with van der Waals surface area (Å²) in [5.41, 5.74) is 0.528. The molecule has 0 amide bonds. The first kappa shape index (κ1) is 21.4. The van der Waals surface area contributed by atoms with Crippen LogP contribution in [0.25, 0.3) is 0 Å². The summed E-state index contributed by atoms with van der Waals surface area (Å²) >= 11 is 0. The van der Waals surface area contributed by atoms with E-state index in [-0.39, 0.29) is 5.78 Å². The zero-order valence-corrected chi connectivity index (χ0v) is 17.0. The lowest BCUT2D eigenvalue weighted by Gasteiger charge is -2.36. The van der Waals surface area contributed by atoms with Crippen LogP contribution in [-0.2, 0) is 11.6 Å². The van der Waals surface area contributed by atoms with Crippen molar-refractivity contribution >= 4 is 5.78 Å². The Bertz CT molecular complexity index is 1230. The van der Waals surface area contributed by atoms with Gasteiger partial charge in [-0.1, -0.05) is 97.0 Å². The van der Waals surface area contributed by atoms with Gasteiger partial charge >= 0.3 is 6.18 Å². The van der Waals surface area contributed by atoms with Gasteiger partial charge in [0.15, 0.2) is 5.78 Å². The molecule has 1 aliphatic carbocycles. The maximum atomic E-state index is 13.3. The Hall–Kier alpha value is -3.84. The van der Waals surface area contributed by atoms with Crippen molar-refractivity contribution in [1.82, 2.24) is 0 Å². The topological polar surface area (TPSA) is 17.1 Å². The molecular weight excluding hydrogens is 409 g/mol. The number of carbonyl (C=O) groups is 1. The molecule has 158 valence electrons. The van der Waals surface area contributed by atoms with Crippen LogP contribution in [0.4, 0.5) is 13.2 Å². The maximum absolute atomic E-state index is 13.3. The Kier molecular flexibility index (Phi) is 5.59. The molecule has 2 unspecified atom stereocenters. The van der Waals surface area contributed by atoms with E-state index < -0.39 is 23.1 Å². The third kappa shape index (κ3) is 3.78. The summed E-state index contributed by atoms with van der Waals surface area (Å²) in [6.07, 6.45) is 9.00. The van der Waals surface area contributed by atoms with Gasteiger partial charge in [0, 0.05) is 17.0 Å². The van der Waals surface area contributed by atoms with Crippen molar-refractivity contribution < 1.29 is 18.0 Å². The molecule has 0 bridgehead atoms. The van der Waals surface area contributed by atoms with Crippen LogP contribution in [0.3, 0.4) is 0 Å². The summed E-state index contributed by atoms with van der Waals surface area (Å²) in [6, 6.07) is 21.1. The Morgan fingerprint density at radius 1 is 0.875 bits per heavy atom. The average molecular weight is 428 g/mol. The fraction of sp³-hybridized carbons (Fsp3) is 0.107. The third-order valence-electron chi connectivity index (χ3n) is 5.75. The van der Waals surface area contributed by atoms with Crippen LogP contribution in [0.2, 0.25) is 0 Å². The van der Waals surface area contributed by atoms with Crippen LogP contribution in [0.1, 0.15) is 38.5 Å². The van der Waals surface area contributed by atoms with E-state index >= 15 is 0 Å². The van der Waals surface area contributed by atoms with E-state index in [0.717, 1.165) is 12.1 Å². The molecule has 3 aromatic carbocycles. The number of terminal acetylenes is 1. The van der Waals surface area contributed by atoms with E-state index in [4.69, 9.17) is 6.42 Å². The summed E-state index contributed by atoms with van der Waals surface area (Å²) in [5, 5.41) is 0. The first-order chi connectivity index (χ1) is 15.4. The lowest BCUT2D eigenvalue weighted by Crippen LogP contribution is -2.32. The quantitative estimate of drug-likeness (QED) is 0.333. The highest BCUT2D eigenvalue weighted by Crippen LogP contribution is 2.45. The second-order valence-corrected chi connectivity index (χ2v) is 7.60. The van der Waals surface area contributed by atoms with E-state index in [1.165, 1.54) is 12.1 Å². The second-order valence-electron chi connectivity index (χ2n) is 7.60. The van der Waals surface area contributed by atoms with E-state index in [0.29, 0.717) is 22.3 Å². The minimum atomic E-state index is -4.42. The minimum absolute atomic E-state index is 0.162. The van der Waals surface area contributed by atoms with Crippen LogP contribution < -0.4 is 0 Å². The van der Waals surface area contributed by atoms with E-state index in [1.54, 1.807) is 36.4 Å². The molecular formula is C28H19F3O. The van der Waals surface area contributed by atoms with Crippen LogP contribution in [0, 0.1) is 12.3 Å². The van der Waals surface area contributed by atoms with E-state index in [1.807, 2.05) is 42.5 Å². The number of benzene rings is 3. The molecule has 4 heteroatoms. The summed E-state index contributed by atoms with van der Waals surface area (Å²) in [4.78, 5) is 13.3. The summed E-state index contributed by atoms with van der Waals surface area (Å²) < 4.78 is 39.2. The maximum Gasteiger partial charge on any atom is 0.416 e. The molecule has 0 heterocycles. The summed E-state index contributed by atoms with van der Waals surface area (Å²) in [5.74, 6) is 2.26. The molecule has 0 N–H and O–H groups in total. The standard InChI is InChI=1S/C28H19F3O/c1-2-27(25-14-7-6-12-23(25)26(32)21-10-4-3-5-11-21)19-9-8-13-24(27)20-15-17-22(18-16-20)28(29,30)31/h1,3-19,24H. The highest BCUT2D eigenvalue weighted by atomic mass is 19.4. The number of alkyl halides is 3. The number of carbonyl (C=O) groups excluding carboxylic acids is 1.